The largest absolute Gasteiger partial charge is 0.444 e. The molecular formula is C16H25N3O5S. The molecule has 0 spiro atoms. The summed E-state index contributed by atoms with van der Waals surface area (Å²) < 4.78 is 22.0. The Balaban J connectivity index is 2.64. The van der Waals surface area contributed by atoms with Crippen LogP contribution in [0.1, 0.15) is 32.8 Å². The Bertz CT molecular complexity index is 762. The van der Waals surface area contributed by atoms with Gasteiger partial charge in [0.05, 0.1) is 26.1 Å². The number of carbonyl (C=O) groups excluding carboxylic acids is 1. The quantitative estimate of drug-likeness (QED) is 0.469. The molecule has 0 saturated carbocycles. The second-order valence-electron chi connectivity index (χ2n) is 6.64. The minimum atomic E-state index is -2.65. The first-order valence-electron chi connectivity index (χ1n) is 7.82. The molecule has 1 rings (SSSR count). The molecule has 25 heavy (non-hydrogen) atoms. The monoisotopic (exact) mass is 371 g/mol. The molecular weight excluding hydrogens is 346 g/mol. The number of hydrogen-bond acceptors (Lipinski definition) is 6. The second-order valence-corrected chi connectivity index (χ2v) is 8.95. The topological polar surface area (TPSA) is 111 Å². The Hall–Kier alpha value is -2.16. The summed E-state index contributed by atoms with van der Waals surface area (Å²) in [5.74, 6) is 0. The van der Waals surface area contributed by atoms with E-state index < -0.39 is 26.3 Å². The van der Waals surface area contributed by atoms with E-state index in [4.69, 9.17) is 4.74 Å². The Labute approximate surface area is 148 Å². The number of nitrogens with one attached hydrogen (secondary N) is 1. The standard InChI is InChI=1S/C16H25N3O5S/c1-12-11-13(19(21)22)7-8-14(12)25(5,23)18-10-6-9-17-15(20)24-16(2,3)4/h7-8,11H,6,9-10H2,1-5H3,(H,17,20). The van der Waals surface area contributed by atoms with Gasteiger partial charge in [0, 0.05) is 24.9 Å². The number of carbonyl (C=O) groups is 1. The number of rotatable bonds is 6. The number of nitro groups is 1. The molecule has 9 heteroatoms. The van der Waals surface area contributed by atoms with Crippen LogP contribution in [0, 0.1) is 17.0 Å². The number of nitrogens with zero attached hydrogens (tertiary/aromatic N) is 2. The second kappa shape index (κ2) is 8.28. The number of benzene rings is 1. The molecule has 0 aliphatic carbocycles. The zero-order valence-electron chi connectivity index (χ0n) is 15.2. The number of alkyl carbamates (subject to hydrolysis) is 1. The predicted molar refractivity (Wildman–Crippen MR) is 96.3 cm³/mol. The number of hydrogen-bond donors (Lipinski definition) is 1. The molecule has 140 valence electrons. The molecule has 0 bridgehead atoms. The molecule has 1 aromatic carbocycles. The van der Waals surface area contributed by atoms with Crippen molar-refractivity contribution in [1.29, 1.82) is 0 Å². The number of aryl methyl sites for hydroxylation is 1. The van der Waals surface area contributed by atoms with Crippen LogP contribution in [-0.4, -0.2) is 40.2 Å². The van der Waals surface area contributed by atoms with Crippen LogP contribution in [0.25, 0.3) is 0 Å². The first kappa shape index (κ1) is 20.9. The molecule has 8 nitrogen and oxygen atoms in total. The highest BCUT2D eigenvalue weighted by atomic mass is 32.2. The van der Waals surface area contributed by atoms with Gasteiger partial charge < -0.3 is 10.1 Å². The van der Waals surface area contributed by atoms with Crippen LogP contribution in [0.4, 0.5) is 10.5 Å². The van der Waals surface area contributed by atoms with E-state index in [2.05, 4.69) is 9.68 Å². The highest BCUT2D eigenvalue weighted by Gasteiger charge is 2.16. The summed E-state index contributed by atoms with van der Waals surface area (Å²) in [7, 11) is -2.65. The Kier molecular flexibility index (Phi) is 6.92. The highest BCUT2D eigenvalue weighted by Crippen LogP contribution is 2.22. The van der Waals surface area contributed by atoms with Crippen molar-refractivity contribution in [2.75, 3.05) is 19.3 Å². The van der Waals surface area contributed by atoms with Gasteiger partial charge in [0.1, 0.15) is 5.60 Å². The number of amides is 1. The van der Waals surface area contributed by atoms with E-state index in [1.165, 1.54) is 24.5 Å². The van der Waals surface area contributed by atoms with Crippen molar-refractivity contribution in [2.24, 2.45) is 4.36 Å². The maximum atomic E-state index is 12.7. The van der Waals surface area contributed by atoms with Crippen LogP contribution >= 0.6 is 0 Å². The van der Waals surface area contributed by atoms with Crippen LogP contribution < -0.4 is 5.32 Å². The van der Waals surface area contributed by atoms with Crippen LogP contribution in [0.15, 0.2) is 27.5 Å². The summed E-state index contributed by atoms with van der Waals surface area (Å²) in [6.45, 7) is 7.65. The molecule has 0 aliphatic heterocycles. The van der Waals surface area contributed by atoms with Gasteiger partial charge in [-0.3, -0.25) is 10.1 Å². The van der Waals surface area contributed by atoms with Gasteiger partial charge in [0.15, 0.2) is 0 Å². The van der Waals surface area contributed by atoms with Crippen LogP contribution in [-0.2, 0) is 14.5 Å². The van der Waals surface area contributed by atoms with Crippen molar-refractivity contribution >= 4 is 21.5 Å². The van der Waals surface area contributed by atoms with Crippen molar-refractivity contribution in [3.05, 3.63) is 33.9 Å². The molecule has 0 aromatic heterocycles. The maximum absolute atomic E-state index is 12.7. The van der Waals surface area contributed by atoms with E-state index >= 15 is 0 Å². The van der Waals surface area contributed by atoms with E-state index in [-0.39, 0.29) is 5.69 Å². The first-order chi connectivity index (χ1) is 11.4. The van der Waals surface area contributed by atoms with E-state index in [0.29, 0.717) is 30.0 Å². The minimum Gasteiger partial charge on any atom is -0.444 e. The highest BCUT2D eigenvalue weighted by molar-refractivity contribution is 7.93. The van der Waals surface area contributed by atoms with Crippen LogP contribution in [0.2, 0.25) is 0 Å². The summed E-state index contributed by atoms with van der Waals surface area (Å²) in [6.07, 6.45) is 1.51. The average molecular weight is 371 g/mol. The van der Waals surface area contributed by atoms with E-state index in [0.717, 1.165) is 0 Å². The van der Waals surface area contributed by atoms with Crippen molar-refractivity contribution in [1.82, 2.24) is 5.32 Å². The lowest BCUT2D eigenvalue weighted by Crippen LogP contribution is -2.33. The van der Waals surface area contributed by atoms with Crippen LogP contribution in [0.3, 0.4) is 0 Å². The molecule has 0 saturated heterocycles. The smallest absolute Gasteiger partial charge is 0.407 e. The third-order valence-electron chi connectivity index (χ3n) is 3.12. The summed E-state index contributed by atoms with van der Waals surface area (Å²) in [5, 5.41) is 13.4. The molecule has 0 aliphatic rings. The summed E-state index contributed by atoms with van der Waals surface area (Å²) in [5.41, 5.74) is -0.0324. The lowest BCUT2D eigenvalue weighted by molar-refractivity contribution is -0.385. The third-order valence-corrected chi connectivity index (χ3v) is 5.07. The van der Waals surface area contributed by atoms with Crippen molar-refractivity contribution in [3.8, 4) is 0 Å². The fourth-order valence-electron chi connectivity index (χ4n) is 2.06. The molecule has 1 aromatic rings. The Morgan fingerprint density at radius 1 is 1.40 bits per heavy atom. The summed E-state index contributed by atoms with van der Waals surface area (Å²) in [4.78, 5) is 22.3. The van der Waals surface area contributed by atoms with E-state index in [1.807, 2.05) is 0 Å². The lowest BCUT2D eigenvalue weighted by Gasteiger charge is -2.19. The minimum absolute atomic E-state index is 0.0435. The van der Waals surface area contributed by atoms with Gasteiger partial charge in [0.2, 0.25) is 0 Å². The lowest BCUT2D eigenvalue weighted by atomic mass is 10.2. The van der Waals surface area contributed by atoms with Gasteiger partial charge in [0.25, 0.3) is 5.69 Å². The molecule has 1 atom stereocenters. The zero-order valence-corrected chi connectivity index (χ0v) is 16.0. The SMILES string of the molecule is Cc1cc([N+](=O)[O-])ccc1S(C)(=O)=NCCCNC(=O)OC(C)(C)C. The van der Waals surface area contributed by atoms with Crippen molar-refractivity contribution in [2.45, 2.75) is 44.6 Å². The van der Waals surface area contributed by atoms with Gasteiger partial charge in [-0.1, -0.05) is 0 Å². The maximum Gasteiger partial charge on any atom is 0.407 e. The Morgan fingerprint density at radius 3 is 2.56 bits per heavy atom. The molecule has 1 N–H and O–H groups in total. The molecule has 0 fully saturated rings. The summed E-state index contributed by atoms with van der Waals surface area (Å²) >= 11 is 0. The predicted octanol–water partition coefficient (Wildman–Crippen LogP) is 3.27. The number of nitro benzene ring substituents is 1. The third kappa shape index (κ3) is 7.08. The van der Waals surface area contributed by atoms with Crippen LogP contribution in [0.5, 0.6) is 0 Å². The van der Waals surface area contributed by atoms with E-state index in [9.17, 15) is 19.1 Å². The van der Waals surface area contributed by atoms with Gasteiger partial charge in [-0.15, -0.1) is 0 Å². The zero-order chi connectivity index (χ0) is 19.3. The number of non-ortho nitro benzene ring substituents is 1. The normalized spacial score (nSPS) is 13.6. The van der Waals surface area contributed by atoms with Crippen molar-refractivity contribution < 1.29 is 18.7 Å². The molecule has 1 unspecified atom stereocenters. The van der Waals surface area contributed by atoms with Gasteiger partial charge in [-0.25, -0.2) is 13.4 Å². The van der Waals surface area contributed by atoms with Gasteiger partial charge in [-0.05, 0) is 45.7 Å². The molecule has 1 amide bonds. The fourth-order valence-corrected chi connectivity index (χ4v) is 3.66. The first-order valence-corrected chi connectivity index (χ1v) is 9.74. The van der Waals surface area contributed by atoms with Crippen molar-refractivity contribution in [3.63, 3.8) is 0 Å². The Morgan fingerprint density at radius 2 is 2.04 bits per heavy atom. The van der Waals surface area contributed by atoms with Gasteiger partial charge in [-0.2, -0.15) is 0 Å². The number of ether oxygens (including phenoxy) is 1. The molecule has 0 heterocycles. The molecule has 0 radical (unpaired) electrons. The summed E-state index contributed by atoms with van der Waals surface area (Å²) in [6, 6.07) is 4.20. The van der Waals surface area contributed by atoms with E-state index in [1.54, 1.807) is 27.7 Å². The fraction of sp³-hybridized carbons (Fsp3) is 0.562. The van der Waals surface area contributed by atoms with Gasteiger partial charge >= 0.3 is 6.09 Å². The average Bonchev–Trinajstić information content (AvgIpc) is 2.44.